The number of hydrogen-bond donors (Lipinski definition) is 2. The number of amides is 2. The number of urea groups is 1. The summed E-state index contributed by atoms with van der Waals surface area (Å²) in [4.78, 5) is 12.2. The van der Waals surface area contributed by atoms with Crippen molar-refractivity contribution in [1.82, 2.24) is 10.0 Å². The van der Waals surface area contributed by atoms with E-state index in [0.717, 1.165) is 61.3 Å². The molecule has 1 saturated carbocycles. The Hall–Kier alpha value is -3.72. The van der Waals surface area contributed by atoms with Crippen LogP contribution < -0.4 is 24.2 Å². The molecule has 0 bridgehead atoms. The van der Waals surface area contributed by atoms with E-state index < -0.39 is 16.1 Å². The van der Waals surface area contributed by atoms with Crippen molar-refractivity contribution in [2.75, 3.05) is 13.2 Å². The molecule has 4 rings (SSSR count). The molecule has 0 heterocycles. The van der Waals surface area contributed by atoms with Gasteiger partial charge in [-0.05, 0) is 79.4 Å². The van der Waals surface area contributed by atoms with Gasteiger partial charge >= 0.3 is 6.03 Å². The van der Waals surface area contributed by atoms with Crippen LogP contribution in [0.4, 0.5) is 4.79 Å². The molecule has 0 atom stereocenters. The summed E-state index contributed by atoms with van der Waals surface area (Å²) in [5, 5.41) is 2.76. The van der Waals surface area contributed by atoms with Gasteiger partial charge in [0, 0.05) is 12.5 Å². The molecule has 0 spiro atoms. The summed E-state index contributed by atoms with van der Waals surface area (Å²) in [6.45, 7) is 6.95. The smallest absolute Gasteiger partial charge is 0.328 e. The number of carbonyl (C=O) groups excluding carboxylic acids is 1. The predicted molar refractivity (Wildman–Crippen MR) is 161 cm³/mol. The first-order valence-corrected chi connectivity index (χ1v) is 16.0. The van der Waals surface area contributed by atoms with Gasteiger partial charge in [0.05, 0.1) is 18.1 Å². The quantitative estimate of drug-likeness (QED) is 0.218. The zero-order chi connectivity index (χ0) is 29.5. The predicted octanol–water partition coefficient (Wildman–Crippen LogP) is 7.24. The third-order valence-corrected chi connectivity index (χ3v) is 7.86. The Morgan fingerprint density at radius 2 is 1.49 bits per heavy atom. The van der Waals surface area contributed by atoms with E-state index in [1.165, 1.54) is 12.1 Å². The van der Waals surface area contributed by atoms with Gasteiger partial charge < -0.3 is 19.5 Å². The Kier molecular flexibility index (Phi) is 12.8. The van der Waals surface area contributed by atoms with Crippen molar-refractivity contribution in [2.45, 2.75) is 76.7 Å². The summed E-state index contributed by atoms with van der Waals surface area (Å²) in [6.07, 6.45) is 6.45. The maximum atomic E-state index is 12.6. The molecule has 1 aliphatic rings. The SMILES string of the molecule is CC.CCc1cc(Oc2ccccc2)ccc1OCCCOc1ccc(S(=O)(=O)NC(=O)NC2CCCCC2)cc1. The highest BCUT2D eigenvalue weighted by atomic mass is 32.2. The molecule has 0 aromatic heterocycles. The minimum absolute atomic E-state index is 0.00348. The average molecular weight is 583 g/mol. The van der Waals surface area contributed by atoms with Crippen molar-refractivity contribution in [3.05, 3.63) is 78.4 Å². The van der Waals surface area contributed by atoms with Gasteiger partial charge in [-0.25, -0.2) is 17.9 Å². The van der Waals surface area contributed by atoms with Crippen LogP contribution in [0.2, 0.25) is 0 Å². The number of aryl methyl sites for hydroxylation is 1. The lowest BCUT2D eigenvalue weighted by Gasteiger charge is -2.22. The second-order valence-electron chi connectivity index (χ2n) is 9.47. The molecule has 0 aliphatic heterocycles. The van der Waals surface area contributed by atoms with Gasteiger partial charge in [-0.15, -0.1) is 0 Å². The van der Waals surface area contributed by atoms with E-state index in [9.17, 15) is 13.2 Å². The fraction of sp³-hybridized carbons (Fsp3) is 0.406. The standard InChI is InChI=1S/C30H36N2O6S.C2H6/c1-2-23-22-27(38-26-12-7-4-8-13-26)16-19-29(23)37-21-9-20-36-25-14-17-28(18-15-25)39(34,35)32-30(33)31-24-10-5-3-6-11-24;1-2/h4,7-8,12-19,22,24H,2-3,5-6,9-11,20-21H2,1H3,(H2,31,32,33);1-2H3. The molecule has 8 nitrogen and oxygen atoms in total. The van der Waals surface area contributed by atoms with E-state index in [1.54, 1.807) is 12.1 Å². The van der Waals surface area contributed by atoms with Crippen molar-refractivity contribution in [1.29, 1.82) is 0 Å². The molecule has 3 aromatic rings. The van der Waals surface area contributed by atoms with Gasteiger partial charge in [0.15, 0.2) is 0 Å². The summed E-state index contributed by atoms with van der Waals surface area (Å²) >= 11 is 0. The van der Waals surface area contributed by atoms with Gasteiger partial charge in [-0.1, -0.05) is 58.2 Å². The van der Waals surface area contributed by atoms with Crippen molar-refractivity contribution < 1.29 is 27.4 Å². The van der Waals surface area contributed by atoms with Gasteiger partial charge in [0.2, 0.25) is 0 Å². The van der Waals surface area contributed by atoms with E-state index in [0.29, 0.717) is 25.4 Å². The summed E-state index contributed by atoms with van der Waals surface area (Å²) in [5.74, 6) is 2.90. The van der Waals surface area contributed by atoms with Crippen LogP contribution in [0.15, 0.2) is 77.7 Å². The number of rotatable bonds is 12. The fourth-order valence-corrected chi connectivity index (χ4v) is 5.37. The second kappa shape index (κ2) is 16.5. The van der Waals surface area contributed by atoms with Crippen LogP contribution in [0, 0.1) is 0 Å². The highest BCUT2D eigenvalue weighted by Gasteiger charge is 2.21. The molecule has 0 unspecified atom stereocenters. The minimum atomic E-state index is -3.96. The normalized spacial score (nSPS) is 13.3. The molecule has 2 N–H and O–H groups in total. The van der Waals surface area contributed by atoms with E-state index in [2.05, 4.69) is 17.0 Å². The maximum Gasteiger partial charge on any atom is 0.328 e. The Balaban J connectivity index is 0.00000226. The molecule has 222 valence electrons. The minimum Gasteiger partial charge on any atom is -0.493 e. The maximum absolute atomic E-state index is 12.6. The number of ether oxygens (including phenoxy) is 3. The van der Waals surface area contributed by atoms with Gasteiger partial charge in [0.25, 0.3) is 10.0 Å². The molecule has 2 amide bonds. The van der Waals surface area contributed by atoms with Crippen LogP contribution in [0.5, 0.6) is 23.0 Å². The first kappa shape index (κ1) is 31.8. The zero-order valence-electron chi connectivity index (χ0n) is 24.2. The lowest BCUT2D eigenvalue weighted by Crippen LogP contribution is -2.45. The van der Waals surface area contributed by atoms with E-state index >= 15 is 0 Å². The highest BCUT2D eigenvalue weighted by molar-refractivity contribution is 7.90. The third kappa shape index (κ3) is 10.3. The van der Waals surface area contributed by atoms with Crippen molar-refractivity contribution in [3.63, 3.8) is 0 Å². The molecular weight excluding hydrogens is 540 g/mol. The molecule has 1 aliphatic carbocycles. The number of hydrogen-bond acceptors (Lipinski definition) is 6. The molecule has 0 radical (unpaired) electrons. The summed E-state index contributed by atoms with van der Waals surface area (Å²) in [5.41, 5.74) is 1.06. The average Bonchev–Trinajstić information content (AvgIpc) is 2.99. The highest BCUT2D eigenvalue weighted by Crippen LogP contribution is 2.28. The largest absolute Gasteiger partial charge is 0.493 e. The van der Waals surface area contributed by atoms with E-state index in [1.807, 2.05) is 62.4 Å². The molecule has 1 fully saturated rings. The van der Waals surface area contributed by atoms with Crippen molar-refractivity contribution in [2.24, 2.45) is 0 Å². The van der Waals surface area contributed by atoms with Crippen molar-refractivity contribution >= 4 is 16.1 Å². The summed E-state index contributed by atoms with van der Waals surface area (Å²) in [7, 11) is -3.96. The molecule has 41 heavy (non-hydrogen) atoms. The molecular formula is C32H42N2O6S. The molecule has 0 saturated heterocycles. The van der Waals surface area contributed by atoms with Crippen LogP contribution in [-0.2, 0) is 16.4 Å². The number of carbonyl (C=O) groups is 1. The summed E-state index contributed by atoms with van der Waals surface area (Å²) < 4.78 is 44.8. The molecule has 9 heteroatoms. The van der Waals surface area contributed by atoms with Crippen LogP contribution >= 0.6 is 0 Å². The Labute approximate surface area is 244 Å². The van der Waals surface area contributed by atoms with Crippen LogP contribution in [0.25, 0.3) is 0 Å². The van der Waals surface area contributed by atoms with Crippen molar-refractivity contribution in [3.8, 4) is 23.0 Å². The topological polar surface area (TPSA) is 103 Å². The van der Waals surface area contributed by atoms with Crippen LogP contribution in [0.3, 0.4) is 0 Å². The van der Waals surface area contributed by atoms with Gasteiger partial charge in [0.1, 0.15) is 23.0 Å². The first-order valence-electron chi connectivity index (χ1n) is 14.5. The van der Waals surface area contributed by atoms with Crippen LogP contribution in [-0.4, -0.2) is 33.7 Å². The second-order valence-corrected chi connectivity index (χ2v) is 11.2. The Bertz CT molecular complexity index is 1310. The lowest BCUT2D eigenvalue weighted by atomic mass is 9.96. The number of benzene rings is 3. The molecule has 3 aromatic carbocycles. The Morgan fingerprint density at radius 3 is 2.17 bits per heavy atom. The van der Waals surface area contributed by atoms with E-state index in [4.69, 9.17) is 14.2 Å². The van der Waals surface area contributed by atoms with Crippen LogP contribution in [0.1, 0.15) is 64.9 Å². The Morgan fingerprint density at radius 1 is 0.829 bits per heavy atom. The third-order valence-electron chi connectivity index (χ3n) is 6.51. The van der Waals surface area contributed by atoms with Gasteiger partial charge in [-0.3, -0.25) is 0 Å². The lowest BCUT2D eigenvalue weighted by molar-refractivity contribution is 0.237. The zero-order valence-corrected chi connectivity index (χ0v) is 25.0. The summed E-state index contributed by atoms with van der Waals surface area (Å²) in [6, 6.07) is 20.8. The number of para-hydroxylation sites is 1. The number of nitrogens with one attached hydrogen (secondary N) is 2. The van der Waals surface area contributed by atoms with E-state index in [-0.39, 0.29) is 10.9 Å². The first-order chi connectivity index (χ1) is 19.9. The van der Waals surface area contributed by atoms with Gasteiger partial charge in [-0.2, -0.15) is 0 Å². The monoisotopic (exact) mass is 582 g/mol. The number of sulfonamides is 1. The fourth-order valence-electron chi connectivity index (χ4n) is 4.45.